The second-order valence-electron chi connectivity index (χ2n) is 6.89. The van der Waals surface area contributed by atoms with Gasteiger partial charge in [0.1, 0.15) is 5.00 Å². The molecular formula is C19H17ClN2O5S. The highest BCUT2D eigenvalue weighted by Gasteiger charge is 2.55. The van der Waals surface area contributed by atoms with E-state index in [4.69, 9.17) is 22.1 Å². The van der Waals surface area contributed by atoms with Crippen LogP contribution in [-0.2, 0) is 14.3 Å². The Hall–Kier alpha value is -2.42. The Balaban J connectivity index is 1.63. The summed E-state index contributed by atoms with van der Waals surface area (Å²) < 4.78 is 5.64. The first kappa shape index (κ1) is 18.9. The molecule has 2 aliphatic rings. The smallest absolute Gasteiger partial charge is 0.310 e. The number of carboxylic acids is 1. The van der Waals surface area contributed by atoms with Gasteiger partial charge in [-0.05, 0) is 30.5 Å². The molecule has 9 heteroatoms. The summed E-state index contributed by atoms with van der Waals surface area (Å²) in [5.74, 6) is -3.87. The fraction of sp³-hybridized carbons (Fsp3) is 0.316. The number of nitrogens with two attached hydrogens (primary N) is 1. The molecular weight excluding hydrogens is 404 g/mol. The molecule has 1 aromatic heterocycles. The number of carbonyl (C=O) groups is 3. The number of fused-ring (bicyclic) bond motifs is 2. The number of ether oxygens (including phenoxy) is 1. The van der Waals surface area contributed by atoms with Gasteiger partial charge in [0.15, 0.2) is 0 Å². The average Bonchev–Trinajstić information content (AvgIpc) is 3.35. The molecule has 2 bridgehead atoms. The number of aliphatic carboxylic acids is 1. The third-order valence-corrected chi connectivity index (χ3v) is 6.44. The molecule has 2 fully saturated rings. The normalized spacial score (nSPS) is 25.6. The lowest BCUT2D eigenvalue weighted by molar-refractivity contribution is -0.147. The lowest BCUT2D eigenvalue weighted by Crippen LogP contribution is -2.41. The summed E-state index contributed by atoms with van der Waals surface area (Å²) in [5.41, 5.74) is 7.08. The van der Waals surface area contributed by atoms with E-state index in [0.29, 0.717) is 28.4 Å². The van der Waals surface area contributed by atoms with Crippen molar-refractivity contribution < 1.29 is 24.2 Å². The minimum atomic E-state index is -1.05. The van der Waals surface area contributed by atoms with Crippen molar-refractivity contribution in [3.8, 4) is 11.1 Å². The van der Waals surface area contributed by atoms with Crippen LogP contribution in [-0.4, -0.2) is 35.1 Å². The highest BCUT2D eigenvalue weighted by molar-refractivity contribution is 7.15. The van der Waals surface area contributed by atoms with Crippen LogP contribution in [0, 0.1) is 11.8 Å². The van der Waals surface area contributed by atoms with Gasteiger partial charge in [-0.3, -0.25) is 14.4 Å². The monoisotopic (exact) mass is 420 g/mol. The molecule has 2 aromatic rings. The third-order valence-electron chi connectivity index (χ3n) is 5.29. The van der Waals surface area contributed by atoms with Gasteiger partial charge >= 0.3 is 5.97 Å². The first-order valence-electron chi connectivity index (χ1n) is 8.73. The van der Waals surface area contributed by atoms with E-state index < -0.39 is 41.8 Å². The number of thiophene rings is 1. The lowest BCUT2D eigenvalue weighted by atomic mass is 9.78. The molecule has 2 saturated heterocycles. The van der Waals surface area contributed by atoms with E-state index >= 15 is 0 Å². The number of primary amides is 1. The number of carboxylic acid groups (broad SMARTS) is 1. The number of hydrogen-bond acceptors (Lipinski definition) is 5. The van der Waals surface area contributed by atoms with Crippen molar-refractivity contribution >= 4 is 45.7 Å². The Labute approximate surface area is 169 Å². The van der Waals surface area contributed by atoms with Crippen molar-refractivity contribution in [3.63, 3.8) is 0 Å². The summed E-state index contributed by atoms with van der Waals surface area (Å²) in [5, 5.41) is 14.8. The highest BCUT2D eigenvalue weighted by atomic mass is 35.5. The number of carbonyl (C=O) groups excluding carboxylic acids is 2. The van der Waals surface area contributed by atoms with Crippen LogP contribution < -0.4 is 11.1 Å². The zero-order valence-electron chi connectivity index (χ0n) is 14.6. The Morgan fingerprint density at radius 3 is 2.39 bits per heavy atom. The highest BCUT2D eigenvalue weighted by Crippen LogP contribution is 2.45. The molecule has 0 unspecified atom stereocenters. The molecule has 0 saturated carbocycles. The fourth-order valence-corrected chi connectivity index (χ4v) is 5.16. The van der Waals surface area contributed by atoms with E-state index in [1.165, 1.54) is 11.3 Å². The van der Waals surface area contributed by atoms with Crippen LogP contribution in [0.5, 0.6) is 0 Å². The predicted octanol–water partition coefficient (Wildman–Crippen LogP) is 2.98. The molecule has 7 nitrogen and oxygen atoms in total. The van der Waals surface area contributed by atoms with Crippen LogP contribution in [0.3, 0.4) is 0 Å². The van der Waals surface area contributed by atoms with Crippen molar-refractivity contribution in [2.75, 3.05) is 5.32 Å². The Kier molecular flexibility index (Phi) is 4.86. The minimum Gasteiger partial charge on any atom is -0.481 e. The van der Waals surface area contributed by atoms with Gasteiger partial charge in [-0.15, -0.1) is 11.3 Å². The molecule has 4 N–H and O–H groups in total. The zero-order valence-corrected chi connectivity index (χ0v) is 16.1. The van der Waals surface area contributed by atoms with Gasteiger partial charge < -0.3 is 20.9 Å². The summed E-state index contributed by atoms with van der Waals surface area (Å²) in [6.07, 6.45) is 0.425. The van der Waals surface area contributed by atoms with Gasteiger partial charge in [-0.1, -0.05) is 23.7 Å². The van der Waals surface area contributed by atoms with E-state index in [1.807, 2.05) is 0 Å². The van der Waals surface area contributed by atoms with Crippen molar-refractivity contribution in [2.24, 2.45) is 17.6 Å². The summed E-state index contributed by atoms with van der Waals surface area (Å²) in [7, 11) is 0. The molecule has 3 heterocycles. The molecule has 2 aliphatic heterocycles. The standard InChI is InChI=1S/C19H17ClN2O5S/c20-9-3-1-8(2-4-9)10-7-28-18(13(10)16(21)23)22-17(24)14-11-5-6-12(27-11)15(14)19(25)26/h1-4,7,11-12,14-15H,5-6H2,(H2,21,23)(H,22,24)(H,25,26)/t11-,12+,14+,15-/m0/s1. The van der Waals surface area contributed by atoms with Gasteiger partial charge in [-0.25, -0.2) is 0 Å². The maximum absolute atomic E-state index is 12.9. The van der Waals surface area contributed by atoms with E-state index in [-0.39, 0.29) is 5.56 Å². The van der Waals surface area contributed by atoms with Crippen LogP contribution >= 0.6 is 22.9 Å². The first-order valence-corrected chi connectivity index (χ1v) is 9.99. The summed E-state index contributed by atoms with van der Waals surface area (Å²) in [6.45, 7) is 0. The Morgan fingerprint density at radius 2 is 1.79 bits per heavy atom. The maximum atomic E-state index is 12.9. The van der Waals surface area contributed by atoms with E-state index in [9.17, 15) is 19.5 Å². The van der Waals surface area contributed by atoms with Crippen LogP contribution in [0.25, 0.3) is 11.1 Å². The first-order chi connectivity index (χ1) is 13.4. The molecule has 0 spiro atoms. The van der Waals surface area contributed by atoms with Crippen molar-refractivity contribution in [3.05, 3.63) is 40.2 Å². The van der Waals surface area contributed by atoms with Gasteiger partial charge in [0.2, 0.25) is 5.91 Å². The molecule has 146 valence electrons. The molecule has 4 atom stereocenters. The Morgan fingerprint density at radius 1 is 1.14 bits per heavy atom. The van der Waals surface area contributed by atoms with Crippen molar-refractivity contribution in [2.45, 2.75) is 25.0 Å². The van der Waals surface area contributed by atoms with Crippen molar-refractivity contribution in [1.29, 1.82) is 0 Å². The SMILES string of the molecule is NC(=O)c1c(-c2ccc(Cl)cc2)csc1NC(=O)[C@H]1[C@@H](C(=O)O)[C@H]2CC[C@@H]1O2. The summed E-state index contributed by atoms with van der Waals surface area (Å²) in [4.78, 5) is 36.6. The summed E-state index contributed by atoms with van der Waals surface area (Å²) >= 11 is 7.08. The van der Waals surface area contributed by atoms with Gasteiger partial charge in [0.05, 0.1) is 29.6 Å². The van der Waals surface area contributed by atoms with Crippen LogP contribution in [0.4, 0.5) is 5.00 Å². The molecule has 1 aromatic carbocycles. The van der Waals surface area contributed by atoms with Gasteiger partial charge in [0, 0.05) is 16.0 Å². The topological polar surface area (TPSA) is 119 Å². The summed E-state index contributed by atoms with van der Waals surface area (Å²) in [6, 6.07) is 6.91. The van der Waals surface area contributed by atoms with Crippen LogP contribution in [0.1, 0.15) is 23.2 Å². The van der Waals surface area contributed by atoms with Gasteiger partial charge in [0.25, 0.3) is 5.91 Å². The number of benzene rings is 1. The minimum absolute atomic E-state index is 0.191. The number of anilines is 1. The largest absolute Gasteiger partial charge is 0.481 e. The predicted molar refractivity (Wildman–Crippen MR) is 104 cm³/mol. The van der Waals surface area contributed by atoms with E-state index in [1.54, 1.807) is 29.6 Å². The van der Waals surface area contributed by atoms with Crippen LogP contribution in [0.15, 0.2) is 29.6 Å². The molecule has 4 rings (SSSR count). The quantitative estimate of drug-likeness (QED) is 0.687. The van der Waals surface area contributed by atoms with E-state index in [0.717, 1.165) is 5.56 Å². The third kappa shape index (κ3) is 3.17. The van der Waals surface area contributed by atoms with Gasteiger partial charge in [-0.2, -0.15) is 0 Å². The number of rotatable bonds is 5. The second-order valence-corrected chi connectivity index (χ2v) is 8.21. The number of halogens is 1. The average molecular weight is 421 g/mol. The molecule has 0 aliphatic carbocycles. The lowest BCUT2D eigenvalue weighted by Gasteiger charge is -2.23. The number of amides is 2. The van der Waals surface area contributed by atoms with E-state index in [2.05, 4.69) is 5.32 Å². The zero-order chi connectivity index (χ0) is 20.0. The fourth-order valence-electron chi connectivity index (χ4n) is 4.06. The number of hydrogen-bond donors (Lipinski definition) is 3. The Bertz CT molecular complexity index is 958. The number of nitrogens with one attached hydrogen (secondary N) is 1. The second kappa shape index (κ2) is 7.20. The van der Waals surface area contributed by atoms with Crippen molar-refractivity contribution in [1.82, 2.24) is 0 Å². The maximum Gasteiger partial charge on any atom is 0.310 e. The molecule has 0 radical (unpaired) electrons. The van der Waals surface area contributed by atoms with Crippen LogP contribution in [0.2, 0.25) is 5.02 Å². The molecule has 2 amide bonds. The molecule has 28 heavy (non-hydrogen) atoms.